The lowest BCUT2D eigenvalue weighted by molar-refractivity contribution is -0.139. The SMILES string of the molecule is CCOC(=O)C1=C(C)N=c2sc(=Cc3ccc(-c4ccccc4C#N)o3)c(=O)n2[C@H]1c1cccs1. The quantitative estimate of drug-likeness (QED) is 0.385. The van der Waals surface area contributed by atoms with E-state index in [4.69, 9.17) is 9.15 Å². The summed E-state index contributed by atoms with van der Waals surface area (Å²) in [7, 11) is 0. The number of rotatable bonds is 5. The predicted octanol–water partition coefficient (Wildman–Crippen LogP) is 3.99. The normalized spacial score (nSPS) is 15.5. The van der Waals surface area contributed by atoms with Gasteiger partial charge in [-0.15, -0.1) is 11.3 Å². The highest BCUT2D eigenvalue weighted by Crippen LogP contribution is 2.33. The van der Waals surface area contributed by atoms with E-state index in [1.165, 1.54) is 22.7 Å². The monoisotopic (exact) mass is 501 g/mol. The Labute approximate surface area is 208 Å². The van der Waals surface area contributed by atoms with Crippen LogP contribution in [0.25, 0.3) is 17.4 Å². The van der Waals surface area contributed by atoms with Crippen molar-refractivity contribution in [3.8, 4) is 17.4 Å². The minimum Gasteiger partial charge on any atom is -0.463 e. The molecule has 35 heavy (non-hydrogen) atoms. The molecule has 0 amide bonds. The standard InChI is InChI=1S/C26H19N3O4S2/c1-3-32-25(31)22-15(2)28-26-29(23(22)20-9-6-12-34-20)24(30)21(35-26)13-17-10-11-19(33-17)18-8-5-4-7-16(18)14-27/h4-13,23H,3H2,1-2H3/t23-/m0/s1. The number of benzene rings is 1. The Balaban J connectivity index is 1.63. The van der Waals surface area contributed by atoms with E-state index in [1.54, 1.807) is 48.8 Å². The van der Waals surface area contributed by atoms with Gasteiger partial charge in [0.15, 0.2) is 4.80 Å². The maximum absolute atomic E-state index is 13.6. The van der Waals surface area contributed by atoms with Crippen LogP contribution in [0.1, 0.15) is 36.1 Å². The molecule has 1 aliphatic rings. The summed E-state index contributed by atoms with van der Waals surface area (Å²) in [5.41, 5.74) is 1.82. The van der Waals surface area contributed by atoms with Crippen LogP contribution in [0.4, 0.5) is 0 Å². The van der Waals surface area contributed by atoms with Gasteiger partial charge in [0.1, 0.15) is 17.6 Å². The third-order valence-corrected chi connectivity index (χ3v) is 7.45. The highest BCUT2D eigenvalue weighted by molar-refractivity contribution is 7.10. The number of fused-ring (bicyclic) bond motifs is 1. The Morgan fingerprint density at radius 3 is 2.83 bits per heavy atom. The number of carbonyl (C=O) groups excluding carboxylic acids is 1. The van der Waals surface area contributed by atoms with Gasteiger partial charge in [0.2, 0.25) is 0 Å². The fraction of sp³-hybridized carbons (Fsp3) is 0.154. The molecule has 1 aromatic carbocycles. The van der Waals surface area contributed by atoms with E-state index in [1.807, 2.05) is 29.6 Å². The highest BCUT2D eigenvalue weighted by atomic mass is 32.1. The van der Waals surface area contributed by atoms with Crippen molar-refractivity contribution < 1.29 is 13.9 Å². The second-order valence-electron chi connectivity index (χ2n) is 7.68. The lowest BCUT2D eigenvalue weighted by Gasteiger charge is -2.23. The first kappa shape index (κ1) is 22.8. The van der Waals surface area contributed by atoms with E-state index in [2.05, 4.69) is 11.1 Å². The highest BCUT2D eigenvalue weighted by Gasteiger charge is 2.33. The third-order valence-electron chi connectivity index (χ3n) is 5.54. The molecule has 0 unspecified atom stereocenters. The van der Waals surface area contributed by atoms with E-state index >= 15 is 0 Å². The topological polar surface area (TPSA) is 97.6 Å². The first-order valence-corrected chi connectivity index (χ1v) is 12.5. The van der Waals surface area contributed by atoms with Gasteiger partial charge in [0.25, 0.3) is 5.56 Å². The largest absolute Gasteiger partial charge is 0.463 e. The molecular formula is C26H19N3O4S2. The first-order chi connectivity index (χ1) is 17.0. The molecule has 0 saturated heterocycles. The molecule has 7 nitrogen and oxygen atoms in total. The van der Waals surface area contributed by atoms with Crippen LogP contribution in [0.2, 0.25) is 0 Å². The average molecular weight is 502 g/mol. The van der Waals surface area contributed by atoms with Gasteiger partial charge in [-0.25, -0.2) is 9.79 Å². The van der Waals surface area contributed by atoms with Gasteiger partial charge >= 0.3 is 5.97 Å². The zero-order chi connectivity index (χ0) is 24.5. The number of hydrogen-bond acceptors (Lipinski definition) is 8. The van der Waals surface area contributed by atoms with Crippen LogP contribution in [0.15, 0.2) is 79.4 Å². The average Bonchev–Trinajstić information content (AvgIpc) is 3.60. The number of thiophene rings is 1. The van der Waals surface area contributed by atoms with Gasteiger partial charge < -0.3 is 9.15 Å². The van der Waals surface area contributed by atoms with Crippen LogP contribution in [0.3, 0.4) is 0 Å². The fourth-order valence-corrected chi connectivity index (χ4v) is 5.86. The second-order valence-corrected chi connectivity index (χ2v) is 9.67. The molecule has 1 aliphatic heterocycles. The van der Waals surface area contributed by atoms with Crippen LogP contribution in [0.5, 0.6) is 0 Å². The minimum absolute atomic E-state index is 0.229. The number of aromatic nitrogens is 1. The molecule has 0 N–H and O–H groups in total. The number of ether oxygens (including phenoxy) is 1. The molecule has 0 saturated carbocycles. The third kappa shape index (κ3) is 4.07. The number of furan rings is 1. The fourth-order valence-electron chi connectivity index (χ4n) is 4.01. The van der Waals surface area contributed by atoms with Gasteiger partial charge in [-0.05, 0) is 49.6 Å². The van der Waals surface area contributed by atoms with Crippen molar-refractivity contribution in [2.45, 2.75) is 19.9 Å². The molecule has 174 valence electrons. The molecule has 4 aromatic rings. The number of esters is 1. The molecule has 3 aromatic heterocycles. The lowest BCUT2D eigenvalue weighted by atomic mass is 10.0. The molecule has 0 bridgehead atoms. The van der Waals surface area contributed by atoms with Gasteiger partial charge in [0.05, 0.1) is 34.0 Å². The van der Waals surface area contributed by atoms with Crippen molar-refractivity contribution in [2.24, 2.45) is 4.99 Å². The molecule has 0 fully saturated rings. The maximum Gasteiger partial charge on any atom is 0.338 e. The maximum atomic E-state index is 13.6. The summed E-state index contributed by atoms with van der Waals surface area (Å²) >= 11 is 2.70. The van der Waals surface area contributed by atoms with Crippen molar-refractivity contribution in [3.63, 3.8) is 0 Å². The van der Waals surface area contributed by atoms with Crippen molar-refractivity contribution in [3.05, 3.63) is 101 Å². The van der Waals surface area contributed by atoms with Gasteiger partial charge in [0, 0.05) is 16.5 Å². The number of allylic oxidation sites excluding steroid dienone is 1. The summed E-state index contributed by atoms with van der Waals surface area (Å²) in [5, 5.41) is 11.3. The van der Waals surface area contributed by atoms with Crippen molar-refractivity contribution in [1.82, 2.24) is 4.57 Å². The Morgan fingerprint density at radius 2 is 2.09 bits per heavy atom. The Hall–Kier alpha value is -4.00. The Bertz CT molecular complexity index is 1680. The van der Waals surface area contributed by atoms with E-state index in [0.29, 0.717) is 43.3 Å². The Morgan fingerprint density at radius 1 is 1.26 bits per heavy atom. The van der Waals surface area contributed by atoms with E-state index < -0.39 is 12.0 Å². The molecule has 0 spiro atoms. The first-order valence-electron chi connectivity index (χ1n) is 10.8. The number of carbonyl (C=O) groups is 1. The molecule has 5 rings (SSSR count). The zero-order valence-electron chi connectivity index (χ0n) is 18.8. The van der Waals surface area contributed by atoms with Crippen molar-refractivity contribution >= 4 is 34.7 Å². The van der Waals surface area contributed by atoms with E-state index in [9.17, 15) is 14.9 Å². The summed E-state index contributed by atoms with van der Waals surface area (Å²) in [6.07, 6.45) is 1.66. The Kier molecular flexibility index (Phi) is 6.07. The van der Waals surface area contributed by atoms with E-state index in [0.717, 1.165) is 4.88 Å². The van der Waals surface area contributed by atoms with Crippen molar-refractivity contribution in [2.75, 3.05) is 6.61 Å². The van der Waals surface area contributed by atoms with Crippen LogP contribution < -0.4 is 14.9 Å². The van der Waals surface area contributed by atoms with Crippen LogP contribution in [-0.2, 0) is 9.53 Å². The minimum atomic E-state index is -0.609. The van der Waals surface area contributed by atoms with Gasteiger partial charge in [-0.1, -0.05) is 29.5 Å². The van der Waals surface area contributed by atoms with Crippen LogP contribution >= 0.6 is 22.7 Å². The smallest absolute Gasteiger partial charge is 0.338 e. The molecule has 0 aliphatic carbocycles. The molecule has 4 heterocycles. The molecule has 1 atom stereocenters. The van der Waals surface area contributed by atoms with Gasteiger partial charge in [-0.2, -0.15) is 5.26 Å². The molecular weight excluding hydrogens is 482 g/mol. The number of hydrogen-bond donors (Lipinski definition) is 0. The van der Waals surface area contributed by atoms with Gasteiger partial charge in [-0.3, -0.25) is 9.36 Å². The van der Waals surface area contributed by atoms with Crippen LogP contribution in [-0.4, -0.2) is 17.1 Å². The van der Waals surface area contributed by atoms with Crippen molar-refractivity contribution in [1.29, 1.82) is 5.26 Å². The van der Waals surface area contributed by atoms with Crippen LogP contribution in [0, 0.1) is 11.3 Å². The summed E-state index contributed by atoms with van der Waals surface area (Å²) in [6.45, 7) is 3.73. The number of nitriles is 1. The predicted molar refractivity (Wildman–Crippen MR) is 134 cm³/mol. The zero-order valence-corrected chi connectivity index (χ0v) is 20.5. The lowest BCUT2D eigenvalue weighted by Crippen LogP contribution is -2.39. The number of thiazole rings is 1. The summed E-state index contributed by atoms with van der Waals surface area (Å²) in [4.78, 5) is 32.3. The molecule has 0 radical (unpaired) electrons. The van der Waals surface area contributed by atoms with E-state index in [-0.39, 0.29) is 12.2 Å². The number of nitrogens with zero attached hydrogens (tertiary/aromatic N) is 3. The second kappa shape index (κ2) is 9.33. The summed E-state index contributed by atoms with van der Waals surface area (Å²) in [6, 6.07) is 16.0. The summed E-state index contributed by atoms with van der Waals surface area (Å²) in [5.74, 6) is 0.540. The summed E-state index contributed by atoms with van der Waals surface area (Å²) < 4.78 is 13.2. The molecule has 9 heteroatoms.